The third-order valence-electron chi connectivity index (χ3n) is 3.02. The van der Waals surface area contributed by atoms with Crippen LogP contribution in [0, 0.1) is 0 Å². The van der Waals surface area contributed by atoms with Gasteiger partial charge in [-0.05, 0) is 38.2 Å². The second kappa shape index (κ2) is 6.65. The van der Waals surface area contributed by atoms with E-state index in [9.17, 15) is 9.90 Å². The number of allylic oxidation sites excluding steroid dienone is 1. The van der Waals surface area contributed by atoms with Crippen LogP contribution in [0.5, 0.6) is 0 Å². The molecule has 0 radical (unpaired) electrons. The Morgan fingerprint density at radius 1 is 1.45 bits per heavy atom. The van der Waals surface area contributed by atoms with Gasteiger partial charge in [0.15, 0.2) is 5.00 Å². The van der Waals surface area contributed by atoms with E-state index in [4.69, 9.17) is 4.74 Å². The zero-order valence-corrected chi connectivity index (χ0v) is 12.5. The van der Waals surface area contributed by atoms with Crippen LogP contribution in [-0.4, -0.2) is 12.6 Å². The summed E-state index contributed by atoms with van der Waals surface area (Å²) >= 11 is 1.48. The van der Waals surface area contributed by atoms with E-state index < -0.39 is 0 Å². The number of thiophene rings is 1. The molecule has 1 heterocycles. The van der Waals surface area contributed by atoms with Crippen LogP contribution in [-0.2, 0) is 17.6 Å². The minimum Gasteiger partial charge on any atom is -0.875 e. The molecule has 0 amide bonds. The van der Waals surface area contributed by atoms with Gasteiger partial charge in [0, 0.05) is 11.1 Å². The molecule has 0 spiro atoms. The van der Waals surface area contributed by atoms with Crippen molar-refractivity contribution in [1.82, 2.24) is 0 Å². The summed E-state index contributed by atoms with van der Waals surface area (Å²) < 4.78 is 5.11. The number of carbonyl (C=O) groups excluding carboxylic acids is 1. The number of carbonyl (C=O) groups is 1. The Labute approximate surface area is 122 Å². The fourth-order valence-corrected chi connectivity index (χ4v) is 3.40. The zero-order valence-electron chi connectivity index (χ0n) is 11.6. The highest BCUT2D eigenvalue weighted by Crippen LogP contribution is 2.40. The molecular weight excluding hydrogens is 276 g/mol. The smallest absolute Gasteiger partial charge is 0.341 e. The van der Waals surface area contributed by atoms with E-state index >= 15 is 0 Å². The Morgan fingerprint density at radius 3 is 2.90 bits per heavy atom. The molecule has 0 saturated heterocycles. The molecule has 0 bridgehead atoms. The van der Waals surface area contributed by atoms with Crippen molar-refractivity contribution in [3.05, 3.63) is 28.0 Å². The van der Waals surface area contributed by atoms with Gasteiger partial charge < -0.3 is 9.84 Å². The van der Waals surface area contributed by atoms with Crippen molar-refractivity contribution < 1.29 is 14.6 Å². The highest BCUT2D eigenvalue weighted by molar-refractivity contribution is 7.16. The minimum absolute atomic E-state index is 0.173. The molecule has 0 fully saturated rings. The van der Waals surface area contributed by atoms with Gasteiger partial charge in [-0.1, -0.05) is 6.92 Å². The number of hydrogen-bond donors (Lipinski definition) is 0. The molecule has 1 aliphatic rings. The van der Waals surface area contributed by atoms with Gasteiger partial charge in [-0.2, -0.15) is 5.11 Å². The second-order valence-corrected chi connectivity index (χ2v) is 5.65. The minimum atomic E-state index is -0.344. The van der Waals surface area contributed by atoms with Crippen molar-refractivity contribution in [3.8, 4) is 0 Å². The van der Waals surface area contributed by atoms with Crippen molar-refractivity contribution in [2.75, 3.05) is 6.61 Å². The van der Waals surface area contributed by atoms with E-state index in [1.54, 1.807) is 6.92 Å². The Kier molecular flexibility index (Phi) is 4.89. The number of aryl methyl sites for hydroxylation is 1. The quantitative estimate of drug-likeness (QED) is 0.486. The zero-order chi connectivity index (χ0) is 14.5. The fourth-order valence-electron chi connectivity index (χ4n) is 2.20. The van der Waals surface area contributed by atoms with E-state index in [0.717, 1.165) is 37.4 Å². The summed E-state index contributed by atoms with van der Waals surface area (Å²) in [4.78, 5) is 13.3. The Hall–Kier alpha value is -1.69. The Bertz CT molecular complexity index is 557. The van der Waals surface area contributed by atoms with Crippen LogP contribution in [0.4, 0.5) is 5.00 Å². The number of azo groups is 1. The Morgan fingerprint density at radius 2 is 2.20 bits per heavy atom. The van der Waals surface area contributed by atoms with E-state index in [-0.39, 0.29) is 11.7 Å². The maximum absolute atomic E-state index is 12.1. The molecule has 2 rings (SSSR count). The van der Waals surface area contributed by atoms with Gasteiger partial charge in [0.05, 0.1) is 6.61 Å². The predicted octanol–water partition coefficient (Wildman–Crippen LogP) is 3.11. The average Bonchev–Trinajstić information content (AvgIpc) is 2.76. The summed E-state index contributed by atoms with van der Waals surface area (Å²) in [5, 5.41) is 19.2. The standard InChI is InChI=1S/C14H18N2O3S/c1-3-19-14(18)12-10-6-4-5-7-11(10)20-13(12)16-15-8-9(2)17/h8,17H,3-7H2,1-2H3/p-1/b9-8+,16-15?. The fraction of sp³-hybridized carbons (Fsp3) is 0.500. The molecule has 108 valence electrons. The average molecular weight is 293 g/mol. The van der Waals surface area contributed by atoms with Crippen LogP contribution < -0.4 is 5.11 Å². The van der Waals surface area contributed by atoms with Crippen molar-refractivity contribution >= 4 is 22.3 Å². The van der Waals surface area contributed by atoms with Crippen LogP contribution >= 0.6 is 11.3 Å². The highest BCUT2D eigenvalue weighted by Gasteiger charge is 2.26. The van der Waals surface area contributed by atoms with Gasteiger partial charge >= 0.3 is 5.97 Å². The van der Waals surface area contributed by atoms with Crippen molar-refractivity contribution in [2.24, 2.45) is 10.2 Å². The number of rotatable bonds is 4. The van der Waals surface area contributed by atoms with Gasteiger partial charge in [-0.3, -0.25) is 0 Å². The van der Waals surface area contributed by atoms with E-state index in [0.29, 0.717) is 17.2 Å². The molecule has 0 aliphatic heterocycles. The maximum atomic E-state index is 12.1. The van der Waals surface area contributed by atoms with Gasteiger partial charge in [0.1, 0.15) is 5.56 Å². The first-order valence-electron chi connectivity index (χ1n) is 6.69. The van der Waals surface area contributed by atoms with Crippen LogP contribution in [0.2, 0.25) is 0 Å². The monoisotopic (exact) mass is 293 g/mol. The van der Waals surface area contributed by atoms with E-state index in [2.05, 4.69) is 10.2 Å². The molecule has 5 nitrogen and oxygen atoms in total. The number of nitrogens with zero attached hydrogens (tertiary/aromatic N) is 2. The largest absolute Gasteiger partial charge is 0.875 e. The normalized spacial score (nSPS) is 15.4. The van der Waals surface area contributed by atoms with Gasteiger partial charge in [-0.25, -0.2) is 4.79 Å². The third kappa shape index (κ3) is 3.25. The van der Waals surface area contributed by atoms with Gasteiger partial charge in [-0.15, -0.1) is 22.2 Å². The summed E-state index contributed by atoms with van der Waals surface area (Å²) in [6.07, 6.45) is 5.20. The van der Waals surface area contributed by atoms with Crippen molar-refractivity contribution in [1.29, 1.82) is 0 Å². The van der Waals surface area contributed by atoms with Gasteiger partial charge in [0.25, 0.3) is 0 Å². The molecule has 0 saturated carbocycles. The molecule has 20 heavy (non-hydrogen) atoms. The molecule has 0 unspecified atom stereocenters. The first-order valence-corrected chi connectivity index (χ1v) is 7.51. The van der Waals surface area contributed by atoms with Crippen molar-refractivity contribution in [3.63, 3.8) is 0 Å². The lowest BCUT2D eigenvalue weighted by Gasteiger charge is -2.11. The summed E-state index contributed by atoms with van der Waals surface area (Å²) in [5.41, 5.74) is 1.59. The predicted molar refractivity (Wildman–Crippen MR) is 75.2 cm³/mol. The summed E-state index contributed by atoms with van der Waals surface area (Å²) in [5.74, 6) is -0.517. The van der Waals surface area contributed by atoms with Crippen LogP contribution in [0.15, 0.2) is 22.2 Å². The maximum Gasteiger partial charge on any atom is 0.341 e. The van der Waals surface area contributed by atoms with E-state index in [1.165, 1.54) is 23.1 Å². The molecule has 0 aromatic carbocycles. The lowest BCUT2D eigenvalue weighted by molar-refractivity contribution is -0.302. The number of fused-ring (bicyclic) bond motifs is 1. The molecule has 6 heteroatoms. The lowest BCUT2D eigenvalue weighted by atomic mass is 9.95. The number of ether oxygens (including phenoxy) is 1. The molecule has 0 atom stereocenters. The van der Waals surface area contributed by atoms with Crippen LogP contribution in [0.3, 0.4) is 0 Å². The SMILES string of the molecule is CCOC(=O)c1c(N=N/C=C(\C)[O-])sc2c1CCCC2. The summed E-state index contributed by atoms with van der Waals surface area (Å²) in [6, 6.07) is 0. The lowest BCUT2D eigenvalue weighted by Crippen LogP contribution is -2.09. The first-order chi connectivity index (χ1) is 9.63. The molecule has 1 aromatic rings. The molecule has 1 aromatic heterocycles. The summed E-state index contributed by atoms with van der Waals surface area (Å²) in [7, 11) is 0. The molecule has 0 N–H and O–H groups in total. The van der Waals surface area contributed by atoms with E-state index in [1.807, 2.05) is 0 Å². The number of hydrogen-bond acceptors (Lipinski definition) is 6. The highest BCUT2D eigenvalue weighted by atomic mass is 32.1. The topological polar surface area (TPSA) is 74.1 Å². The van der Waals surface area contributed by atoms with Crippen LogP contribution in [0.1, 0.15) is 47.5 Å². The first kappa shape index (κ1) is 14.7. The Balaban J connectivity index is 2.39. The number of esters is 1. The van der Waals surface area contributed by atoms with Crippen LogP contribution in [0.25, 0.3) is 0 Å². The van der Waals surface area contributed by atoms with Gasteiger partial charge in [0.2, 0.25) is 0 Å². The molecular formula is C14H17N2O3S-. The molecule has 1 aliphatic carbocycles. The second-order valence-electron chi connectivity index (χ2n) is 4.57. The van der Waals surface area contributed by atoms with Crippen molar-refractivity contribution in [2.45, 2.75) is 39.5 Å². The summed E-state index contributed by atoms with van der Waals surface area (Å²) in [6.45, 7) is 3.52. The third-order valence-corrected chi connectivity index (χ3v) is 4.20.